The summed E-state index contributed by atoms with van der Waals surface area (Å²) in [6, 6.07) is 4.91. The van der Waals surface area contributed by atoms with Gasteiger partial charge >= 0.3 is 12.1 Å². The Morgan fingerprint density at radius 1 is 1.13 bits per heavy atom. The molecule has 0 bridgehead atoms. The molecule has 31 heavy (non-hydrogen) atoms. The zero-order valence-corrected chi connectivity index (χ0v) is 17.1. The molecule has 1 aromatic heterocycles. The van der Waals surface area contributed by atoms with Crippen molar-refractivity contribution in [1.29, 1.82) is 0 Å². The Balaban J connectivity index is 1.61. The van der Waals surface area contributed by atoms with E-state index in [1.165, 1.54) is 0 Å². The van der Waals surface area contributed by atoms with Crippen molar-refractivity contribution in [3.63, 3.8) is 0 Å². The summed E-state index contributed by atoms with van der Waals surface area (Å²) in [6.45, 7) is 0.790. The third kappa shape index (κ3) is 4.26. The number of hydrogen-bond donors (Lipinski definition) is 1. The van der Waals surface area contributed by atoms with E-state index in [0.717, 1.165) is 37.5 Å². The van der Waals surface area contributed by atoms with Gasteiger partial charge in [-0.2, -0.15) is 18.3 Å². The number of rotatable bonds is 4. The average molecular weight is 439 g/mol. The molecule has 1 amide bonds. The molecule has 2 fully saturated rings. The molecule has 1 aliphatic heterocycles. The van der Waals surface area contributed by atoms with E-state index in [0.29, 0.717) is 37.0 Å². The fourth-order valence-electron chi connectivity index (χ4n) is 5.05. The molecule has 2 atom stereocenters. The van der Waals surface area contributed by atoms with Crippen LogP contribution < -0.4 is 5.73 Å². The van der Waals surface area contributed by atoms with Crippen molar-refractivity contribution >= 4 is 22.8 Å². The normalized spacial score (nSPS) is 24.1. The SMILES string of the molecule is NC(=O)c1cccc2cn(C3CCCC([N+]4(OC(=O)C(F)(F)F)CCCCC4)C3)nc12. The first-order chi connectivity index (χ1) is 14.7. The molecule has 1 saturated heterocycles. The number of benzene rings is 1. The molecule has 0 spiro atoms. The predicted molar refractivity (Wildman–Crippen MR) is 106 cm³/mol. The number of aromatic nitrogens is 2. The summed E-state index contributed by atoms with van der Waals surface area (Å²) >= 11 is 0. The van der Waals surface area contributed by atoms with Crippen LogP contribution in [0.4, 0.5) is 13.2 Å². The summed E-state index contributed by atoms with van der Waals surface area (Å²) in [7, 11) is 0. The number of nitrogens with two attached hydrogens (primary N) is 1. The maximum atomic E-state index is 13.0. The zero-order chi connectivity index (χ0) is 22.2. The monoisotopic (exact) mass is 439 g/mol. The Hall–Kier alpha value is -2.62. The van der Waals surface area contributed by atoms with Gasteiger partial charge in [0, 0.05) is 37.3 Å². The van der Waals surface area contributed by atoms with Gasteiger partial charge in [0.05, 0.1) is 11.6 Å². The van der Waals surface area contributed by atoms with Crippen molar-refractivity contribution < 1.29 is 32.2 Å². The van der Waals surface area contributed by atoms with Gasteiger partial charge in [-0.1, -0.05) is 12.1 Å². The van der Waals surface area contributed by atoms with Gasteiger partial charge < -0.3 is 5.73 Å². The number of amides is 1. The van der Waals surface area contributed by atoms with Gasteiger partial charge in [0.1, 0.15) is 24.6 Å². The summed E-state index contributed by atoms with van der Waals surface area (Å²) in [6.07, 6.45) is 2.03. The highest BCUT2D eigenvalue weighted by molar-refractivity contribution is 6.04. The molecule has 1 aliphatic carbocycles. The zero-order valence-electron chi connectivity index (χ0n) is 17.1. The molecule has 4 rings (SSSR count). The summed E-state index contributed by atoms with van der Waals surface area (Å²) in [5.74, 6) is -2.68. The average Bonchev–Trinajstić information content (AvgIpc) is 3.18. The van der Waals surface area contributed by atoms with Crippen LogP contribution in [0.15, 0.2) is 24.4 Å². The molecule has 7 nitrogen and oxygen atoms in total. The van der Waals surface area contributed by atoms with Crippen molar-refractivity contribution in [2.45, 2.75) is 63.2 Å². The topological polar surface area (TPSA) is 87.2 Å². The largest absolute Gasteiger partial charge is 0.497 e. The number of nitrogens with zero attached hydrogens (tertiary/aromatic N) is 3. The minimum Gasteiger partial charge on any atom is -0.366 e. The Labute approximate surface area is 177 Å². The van der Waals surface area contributed by atoms with Crippen LogP contribution in [0.3, 0.4) is 0 Å². The number of hydroxylamine groups is 3. The number of fused-ring (bicyclic) bond motifs is 1. The van der Waals surface area contributed by atoms with Crippen molar-refractivity contribution in [3.8, 4) is 0 Å². The fourth-order valence-corrected chi connectivity index (χ4v) is 5.05. The van der Waals surface area contributed by atoms with Crippen molar-refractivity contribution in [2.24, 2.45) is 5.73 Å². The van der Waals surface area contributed by atoms with Gasteiger partial charge in [0.2, 0.25) is 0 Å². The van der Waals surface area contributed by atoms with E-state index in [9.17, 15) is 22.8 Å². The van der Waals surface area contributed by atoms with Gasteiger partial charge in [-0.3, -0.25) is 14.3 Å². The van der Waals surface area contributed by atoms with Gasteiger partial charge in [0.25, 0.3) is 5.91 Å². The van der Waals surface area contributed by atoms with Gasteiger partial charge in [-0.15, -0.1) is 4.65 Å². The highest BCUT2D eigenvalue weighted by atomic mass is 19.4. The Morgan fingerprint density at radius 2 is 1.87 bits per heavy atom. The summed E-state index contributed by atoms with van der Waals surface area (Å²) < 4.78 is 40.4. The third-order valence-corrected chi connectivity index (χ3v) is 6.55. The molecule has 10 heteroatoms. The number of piperidine rings is 1. The number of hydrogen-bond acceptors (Lipinski definition) is 4. The molecular weight excluding hydrogens is 413 g/mol. The Morgan fingerprint density at radius 3 is 2.55 bits per heavy atom. The van der Waals surface area contributed by atoms with E-state index in [1.807, 2.05) is 12.3 Å². The van der Waals surface area contributed by atoms with Crippen LogP contribution in [0.25, 0.3) is 10.9 Å². The van der Waals surface area contributed by atoms with Gasteiger partial charge in [0.15, 0.2) is 0 Å². The lowest BCUT2D eigenvalue weighted by atomic mass is 9.88. The lowest BCUT2D eigenvalue weighted by molar-refractivity contribution is -1.11. The van der Waals surface area contributed by atoms with Crippen LogP contribution in [0, 0.1) is 0 Å². The molecule has 1 aromatic carbocycles. The second-order valence-corrected chi connectivity index (χ2v) is 8.53. The summed E-state index contributed by atoms with van der Waals surface area (Å²) in [4.78, 5) is 28.6. The highest BCUT2D eigenvalue weighted by Gasteiger charge is 2.52. The van der Waals surface area contributed by atoms with Gasteiger partial charge in [-0.05, 0) is 25.3 Å². The van der Waals surface area contributed by atoms with Crippen molar-refractivity contribution in [3.05, 3.63) is 30.0 Å². The van der Waals surface area contributed by atoms with E-state index in [4.69, 9.17) is 10.6 Å². The van der Waals surface area contributed by atoms with Crippen LogP contribution in [0.2, 0.25) is 0 Å². The van der Waals surface area contributed by atoms with E-state index in [-0.39, 0.29) is 16.7 Å². The minimum atomic E-state index is -5.01. The van der Waals surface area contributed by atoms with E-state index < -0.39 is 18.1 Å². The lowest BCUT2D eigenvalue weighted by Crippen LogP contribution is -2.61. The number of quaternary nitrogens is 1. The van der Waals surface area contributed by atoms with Crippen LogP contribution in [0.5, 0.6) is 0 Å². The lowest BCUT2D eigenvalue weighted by Gasteiger charge is -2.45. The Kier molecular flexibility index (Phi) is 5.67. The number of carbonyl (C=O) groups excluding carboxylic acids is 2. The quantitative estimate of drug-likeness (QED) is 0.737. The summed E-state index contributed by atoms with van der Waals surface area (Å²) in [5, 5.41) is 5.36. The first-order valence-electron chi connectivity index (χ1n) is 10.6. The third-order valence-electron chi connectivity index (χ3n) is 6.55. The molecule has 0 radical (unpaired) electrons. The molecule has 2 aromatic rings. The molecule has 1 saturated carbocycles. The summed E-state index contributed by atoms with van der Waals surface area (Å²) in [5.41, 5.74) is 6.31. The van der Waals surface area contributed by atoms with Crippen LogP contribution in [0.1, 0.15) is 61.3 Å². The van der Waals surface area contributed by atoms with E-state index in [2.05, 4.69) is 5.10 Å². The van der Waals surface area contributed by atoms with Gasteiger partial charge in [-0.25, -0.2) is 4.79 Å². The fraction of sp³-hybridized carbons (Fsp3) is 0.571. The number of alkyl halides is 3. The van der Waals surface area contributed by atoms with Crippen molar-refractivity contribution in [2.75, 3.05) is 13.1 Å². The standard InChI is InChI=1S/C21H25F3N4O3/c22-21(23,24)20(30)31-28(10-2-1-3-11-28)16-8-5-7-15(12-16)27-13-14-6-4-9-17(19(25)29)18(14)26-27/h4,6,9,13,15-16H,1-3,5,7-8,10-12H2,(H-,25,29)/p+1. The predicted octanol–water partition coefficient (Wildman–Crippen LogP) is 3.64. The number of carbonyl (C=O) groups is 2. The maximum absolute atomic E-state index is 13.0. The second-order valence-electron chi connectivity index (χ2n) is 8.53. The smallest absolute Gasteiger partial charge is 0.366 e. The molecule has 2 N–H and O–H groups in total. The van der Waals surface area contributed by atoms with E-state index in [1.54, 1.807) is 16.8 Å². The first kappa shape index (κ1) is 21.6. The molecule has 2 aliphatic rings. The number of primary amides is 1. The molecule has 2 heterocycles. The van der Waals surface area contributed by atoms with Crippen LogP contribution in [-0.4, -0.2) is 51.6 Å². The molecule has 2 unspecified atom stereocenters. The second kappa shape index (κ2) is 8.14. The molecular formula is C21H26F3N4O3+. The first-order valence-corrected chi connectivity index (χ1v) is 10.6. The maximum Gasteiger partial charge on any atom is 0.497 e. The van der Waals surface area contributed by atoms with Crippen LogP contribution in [-0.2, 0) is 9.63 Å². The van der Waals surface area contributed by atoms with Crippen molar-refractivity contribution in [1.82, 2.24) is 9.78 Å². The number of halogens is 3. The number of likely N-dealkylation sites (tertiary alicyclic amines) is 1. The molecule has 168 valence electrons. The highest BCUT2D eigenvalue weighted by Crippen LogP contribution is 2.38. The van der Waals surface area contributed by atoms with E-state index >= 15 is 0 Å². The Bertz CT molecular complexity index is 982. The van der Waals surface area contributed by atoms with Crippen LogP contribution >= 0.6 is 0 Å². The minimum absolute atomic E-state index is 0.0617.